The lowest BCUT2D eigenvalue weighted by Crippen LogP contribution is -2.53. The summed E-state index contributed by atoms with van der Waals surface area (Å²) in [6, 6.07) is 0. The van der Waals surface area contributed by atoms with Gasteiger partial charge < -0.3 is 10.2 Å². The Bertz CT molecular complexity index is 551. The number of rotatable bonds is 5. The number of hydrogen-bond acceptors (Lipinski definition) is 2. The Morgan fingerprint density at radius 3 is 2.32 bits per heavy atom. The molecule has 4 fully saturated rings. The summed E-state index contributed by atoms with van der Waals surface area (Å²) in [6.45, 7) is 9.15. The molecule has 28 heavy (non-hydrogen) atoms. The molecule has 0 saturated heterocycles. The van der Waals surface area contributed by atoms with Crippen LogP contribution in [0.25, 0.3) is 0 Å². The summed E-state index contributed by atoms with van der Waals surface area (Å²) < 4.78 is 0. The van der Waals surface area contributed by atoms with E-state index in [0.29, 0.717) is 10.8 Å². The standard InChI is InChI=1S/C26H46O2/c1-24(2,28)14-6-5-7-18-9-11-22-21-10-8-19-17-20(27)12-15-26(19,4)23(21)13-16-25(18,22)3/h18-23,27-28H,5-17H2,1-4H3/t18?,19?,20?,21?,22?,23?,25?,26-/m0/s1. The third-order valence-electron chi connectivity index (χ3n) is 10.4. The average Bonchev–Trinajstić information content (AvgIpc) is 2.95. The maximum absolute atomic E-state index is 10.2. The van der Waals surface area contributed by atoms with Gasteiger partial charge in [0.05, 0.1) is 11.7 Å². The van der Waals surface area contributed by atoms with Crippen LogP contribution in [0.1, 0.15) is 111 Å². The van der Waals surface area contributed by atoms with Crippen molar-refractivity contribution in [3.8, 4) is 0 Å². The van der Waals surface area contributed by atoms with Crippen molar-refractivity contribution in [2.75, 3.05) is 0 Å². The Labute approximate surface area is 173 Å². The molecule has 0 amide bonds. The molecule has 2 heteroatoms. The second kappa shape index (κ2) is 7.56. The van der Waals surface area contributed by atoms with Crippen LogP contribution in [0, 0.1) is 40.4 Å². The van der Waals surface area contributed by atoms with Crippen molar-refractivity contribution in [2.45, 2.75) is 123 Å². The van der Waals surface area contributed by atoms with Crippen LogP contribution in [0.3, 0.4) is 0 Å². The molecule has 0 aromatic carbocycles. The van der Waals surface area contributed by atoms with Crippen molar-refractivity contribution in [1.82, 2.24) is 0 Å². The first-order valence-electron chi connectivity index (χ1n) is 12.5. The molecule has 0 heterocycles. The van der Waals surface area contributed by atoms with Gasteiger partial charge >= 0.3 is 0 Å². The van der Waals surface area contributed by atoms with Gasteiger partial charge in [-0.05, 0) is 125 Å². The lowest BCUT2D eigenvalue weighted by atomic mass is 9.44. The van der Waals surface area contributed by atoms with E-state index < -0.39 is 5.60 Å². The molecule has 162 valence electrons. The van der Waals surface area contributed by atoms with E-state index in [4.69, 9.17) is 0 Å². The average molecular weight is 391 g/mol. The Hall–Kier alpha value is -0.0800. The van der Waals surface area contributed by atoms with E-state index in [9.17, 15) is 10.2 Å². The second-order valence-corrected chi connectivity index (χ2v) is 12.5. The highest BCUT2D eigenvalue weighted by Gasteiger charge is 2.59. The van der Waals surface area contributed by atoms with Gasteiger partial charge in [0.2, 0.25) is 0 Å². The number of aliphatic hydroxyl groups excluding tert-OH is 1. The molecule has 4 saturated carbocycles. The zero-order chi connectivity index (χ0) is 20.2. The van der Waals surface area contributed by atoms with E-state index in [1.54, 1.807) is 0 Å². The van der Waals surface area contributed by atoms with Gasteiger partial charge in [0, 0.05) is 0 Å². The fraction of sp³-hybridized carbons (Fsp3) is 1.00. The summed E-state index contributed by atoms with van der Waals surface area (Å²) in [7, 11) is 0. The summed E-state index contributed by atoms with van der Waals surface area (Å²) in [5.41, 5.74) is 0.587. The summed E-state index contributed by atoms with van der Waals surface area (Å²) >= 11 is 0. The molecular weight excluding hydrogens is 344 g/mol. The van der Waals surface area contributed by atoms with Crippen LogP contribution in [-0.2, 0) is 0 Å². The van der Waals surface area contributed by atoms with Crippen LogP contribution in [-0.4, -0.2) is 21.9 Å². The molecule has 2 N–H and O–H groups in total. The summed E-state index contributed by atoms with van der Waals surface area (Å²) in [4.78, 5) is 0. The van der Waals surface area contributed by atoms with Crippen molar-refractivity contribution >= 4 is 0 Å². The molecule has 0 spiro atoms. The predicted molar refractivity (Wildman–Crippen MR) is 116 cm³/mol. The second-order valence-electron chi connectivity index (χ2n) is 12.5. The van der Waals surface area contributed by atoms with E-state index in [1.165, 1.54) is 64.2 Å². The van der Waals surface area contributed by atoms with Gasteiger partial charge in [-0.3, -0.25) is 0 Å². The number of fused-ring (bicyclic) bond motifs is 5. The van der Waals surface area contributed by atoms with E-state index in [2.05, 4.69) is 13.8 Å². The number of aliphatic hydroxyl groups is 2. The zero-order valence-electron chi connectivity index (χ0n) is 19.1. The normalized spacial score (nSPS) is 48.6. The minimum Gasteiger partial charge on any atom is -0.393 e. The molecule has 8 atom stereocenters. The summed E-state index contributed by atoms with van der Waals surface area (Å²) in [5.74, 6) is 4.53. The maximum Gasteiger partial charge on any atom is 0.0591 e. The van der Waals surface area contributed by atoms with Crippen LogP contribution in [0.2, 0.25) is 0 Å². The molecule has 7 unspecified atom stereocenters. The first kappa shape index (κ1) is 21.2. The van der Waals surface area contributed by atoms with Crippen LogP contribution >= 0.6 is 0 Å². The van der Waals surface area contributed by atoms with Crippen molar-refractivity contribution in [1.29, 1.82) is 0 Å². The van der Waals surface area contributed by atoms with Crippen molar-refractivity contribution in [3.63, 3.8) is 0 Å². The van der Waals surface area contributed by atoms with Gasteiger partial charge in [0.25, 0.3) is 0 Å². The maximum atomic E-state index is 10.2. The van der Waals surface area contributed by atoms with Crippen LogP contribution in [0.4, 0.5) is 0 Å². The van der Waals surface area contributed by atoms with Gasteiger partial charge in [0.15, 0.2) is 0 Å². The highest BCUT2D eigenvalue weighted by molar-refractivity contribution is 5.09. The van der Waals surface area contributed by atoms with E-state index in [-0.39, 0.29) is 6.10 Å². The first-order valence-corrected chi connectivity index (χ1v) is 12.5. The Balaban J connectivity index is 1.41. The summed E-state index contributed by atoms with van der Waals surface area (Å²) in [5, 5.41) is 20.2. The summed E-state index contributed by atoms with van der Waals surface area (Å²) in [6.07, 6.45) is 16.8. The lowest BCUT2D eigenvalue weighted by Gasteiger charge is -2.61. The van der Waals surface area contributed by atoms with Gasteiger partial charge in [-0.2, -0.15) is 0 Å². The fourth-order valence-corrected chi connectivity index (χ4v) is 8.77. The van der Waals surface area contributed by atoms with Crippen molar-refractivity contribution in [2.24, 2.45) is 40.4 Å². The van der Waals surface area contributed by atoms with Crippen molar-refractivity contribution in [3.05, 3.63) is 0 Å². The SMILES string of the molecule is CC(C)(O)CCCCC1CCC2C3CCC4CC(O)CC[C@]4(C)C3CCC12C. The van der Waals surface area contributed by atoms with E-state index >= 15 is 0 Å². The van der Waals surface area contributed by atoms with Crippen LogP contribution in [0.15, 0.2) is 0 Å². The molecule has 0 aromatic rings. The first-order chi connectivity index (χ1) is 13.1. The molecule has 0 aromatic heterocycles. The Kier molecular flexibility index (Phi) is 5.71. The van der Waals surface area contributed by atoms with Crippen LogP contribution < -0.4 is 0 Å². The lowest BCUT2D eigenvalue weighted by molar-refractivity contribution is -0.127. The highest BCUT2D eigenvalue weighted by Crippen LogP contribution is 2.67. The topological polar surface area (TPSA) is 40.5 Å². The molecule has 0 aliphatic heterocycles. The third-order valence-corrected chi connectivity index (χ3v) is 10.4. The third kappa shape index (κ3) is 3.70. The molecule has 4 aliphatic carbocycles. The highest BCUT2D eigenvalue weighted by atomic mass is 16.3. The monoisotopic (exact) mass is 390 g/mol. The van der Waals surface area contributed by atoms with Gasteiger partial charge in [-0.1, -0.05) is 26.7 Å². The molecular formula is C26H46O2. The van der Waals surface area contributed by atoms with E-state index in [1.807, 2.05) is 13.8 Å². The fourth-order valence-electron chi connectivity index (χ4n) is 8.77. The molecule has 0 radical (unpaired) electrons. The number of unbranched alkanes of at least 4 members (excludes halogenated alkanes) is 1. The van der Waals surface area contributed by atoms with Gasteiger partial charge in [-0.25, -0.2) is 0 Å². The van der Waals surface area contributed by atoms with Gasteiger partial charge in [0.1, 0.15) is 0 Å². The minimum atomic E-state index is -0.498. The molecule has 2 nitrogen and oxygen atoms in total. The van der Waals surface area contributed by atoms with Gasteiger partial charge in [-0.15, -0.1) is 0 Å². The zero-order valence-corrected chi connectivity index (χ0v) is 19.1. The predicted octanol–water partition coefficient (Wildman–Crippen LogP) is 6.34. The Morgan fingerprint density at radius 2 is 1.57 bits per heavy atom. The van der Waals surface area contributed by atoms with E-state index in [0.717, 1.165) is 48.9 Å². The van der Waals surface area contributed by atoms with Crippen LogP contribution in [0.5, 0.6) is 0 Å². The molecule has 4 rings (SSSR count). The number of hydrogen-bond donors (Lipinski definition) is 2. The molecule has 4 aliphatic rings. The molecule has 0 bridgehead atoms. The quantitative estimate of drug-likeness (QED) is 0.538. The van der Waals surface area contributed by atoms with Crippen molar-refractivity contribution < 1.29 is 10.2 Å². The minimum absolute atomic E-state index is 0.0248. The smallest absolute Gasteiger partial charge is 0.0591 e. The Morgan fingerprint density at radius 1 is 0.857 bits per heavy atom. The largest absolute Gasteiger partial charge is 0.393 e.